The van der Waals surface area contributed by atoms with Crippen molar-refractivity contribution in [1.29, 1.82) is 0 Å². The summed E-state index contributed by atoms with van der Waals surface area (Å²) in [5.74, 6) is 0. The standard InChI is InChI=1S/C10H6BrClS/c11-10-9(4-5-13-10)7-2-1-3-8(12)6-7/h1-6H. The normalized spacial score (nSPS) is 10.3. The molecular weight excluding hydrogens is 268 g/mol. The van der Waals surface area contributed by atoms with Gasteiger partial charge in [-0.25, -0.2) is 0 Å². The van der Waals surface area contributed by atoms with Crippen molar-refractivity contribution in [3.05, 3.63) is 44.5 Å². The van der Waals surface area contributed by atoms with Crippen molar-refractivity contribution >= 4 is 38.9 Å². The first-order chi connectivity index (χ1) is 6.27. The van der Waals surface area contributed by atoms with Gasteiger partial charge in [-0.1, -0.05) is 23.7 Å². The summed E-state index contributed by atoms with van der Waals surface area (Å²) < 4.78 is 1.15. The molecule has 0 fully saturated rings. The van der Waals surface area contributed by atoms with E-state index in [1.807, 2.05) is 18.2 Å². The van der Waals surface area contributed by atoms with Gasteiger partial charge in [0.15, 0.2) is 0 Å². The van der Waals surface area contributed by atoms with Crippen LogP contribution in [0.1, 0.15) is 0 Å². The van der Waals surface area contributed by atoms with Crippen LogP contribution in [0.2, 0.25) is 5.02 Å². The average Bonchev–Trinajstić information content (AvgIpc) is 2.51. The molecule has 1 aromatic heterocycles. The average molecular weight is 274 g/mol. The summed E-state index contributed by atoms with van der Waals surface area (Å²) in [6.45, 7) is 0. The molecule has 0 atom stereocenters. The van der Waals surface area contributed by atoms with Gasteiger partial charge >= 0.3 is 0 Å². The predicted molar refractivity (Wildman–Crippen MR) is 62.5 cm³/mol. The van der Waals surface area contributed by atoms with Crippen molar-refractivity contribution in [3.63, 3.8) is 0 Å². The lowest BCUT2D eigenvalue weighted by atomic mass is 10.1. The Morgan fingerprint density at radius 1 is 1.23 bits per heavy atom. The lowest BCUT2D eigenvalue weighted by Gasteiger charge is -1.99. The Morgan fingerprint density at radius 3 is 2.69 bits per heavy atom. The Labute approximate surface area is 94.3 Å². The van der Waals surface area contributed by atoms with Crippen LogP contribution in [-0.4, -0.2) is 0 Å². The molecule has 13 heavy (non-hydrogen) atoms. The van der Waals surface area contributed by atoms with E-state index in [-0.39, 0.29) is 0 Å². The quantitative estimate of drug-likeness (QED) is 0.698. The Kier molecular flexibility index (Phi) is 2.72. The second-order valence-corrected chi connectivity index (χ2v) is 5.29. The van der Waals surface area contributed by atoms with E-state index in [0.29, 0.717) is 0 Å². The van der Waals surface area contributed by atoms with E-state index < -0.39 is 0 Å². The van der Waals surface area contributed by atoms with Crippen molar-refractivity contribution < 1.29 is 0 Å². The zero-order valence-electron chi connectivity index (χ0n) is 6.63. The van der Waals surface area contributed by atoms with Crippen molar-refractivity contribution in [2.24, 2.45) is 0 Å². The van der Waals surface area contributed by atoms with E-state index in [9.17, 15) is 0 Å². The van der Waals surface area contributed by atoms with E-state index in [1.165, 1.54) is 5.56 Å². The highest BCUT2D eigenvalue weighted by Crippen LogP contribution is 2.33. The highest BCUT2D eigenvalue weighted by Gasteiger charge is 2.03. The molecule has 3 heteroatoms. The van der Waals surface area contributed by atoms with E-state index in [0.717, 1.165) is 14.4 Å². The number of benzene rings is 1. The molecule has 0 unspecified atom stereocenters. The Hall–Kier alpha value is -0.310. The maximum absolute atomic E-state index is 5.90. The minimum absolute atomic E-state index is 0.774. The van der Waals surface area contributed by atoms with Crippen molar-refractivity contribution in [2.45, 2.75) is 0 Å². The Balaban J connectivity index is 2.53. The summed E-state index contributed by atoms with van der Waals surface area (Å²) in [6, 6.07) is 9.95. The van der Waals surface area contributed by atoms with Gasteiger partial charge in [-0.15, -0.1) is 11.3 Å². The molecule has 0 nitrogen and oxygen atoms in total. The Morgan fingerprint density at radius 2 is 2.08 bits per heavy atom. The third kappa shape index (κ3) is 1.96. The summed E-state index contributed by atoms with van der Waals surface area (Å²) in [4.78, 5) is 0. The van der Waals surface area contributed by atoms with Gasteiger partial charge in [0.1, 0.15) is 0 Å². The van der Waals surface area contributed by atoms with Crippen molar-refractivity contribution in [1.82, 2.24) is 0 Å². The van der Waals surface area contributed by atoms with Gasteiger partial charge in [0.2, 0.25) is 0 Å². The lowest BCUT2D eigenvalue weighted by molar-refractivity contribution is 1.66. The van der Waals surface area contributed by atoms with Gasteiger partial charge in [0.05, 0.1) is 3.79 Å². The lowest BCUT2D eigenvalue weighted by Crippen LogP contribution is -1.73. The van der Waals surface area contributed by atoms with E-state index in [2.05, 4.69) is 33.4 Å². The van der Waals surface area contributed by atoms with Gasteiger partial charge in [0, 0.05) is 10.6 Å². The highest BCUT2D eigenvalue weighted by atomic mass is 79.9. The molecule has 0 aliphatic rings. The first-order valence-electron chi connectivity index (χ1n) is 3.76. The van der Waals surface area contributed by atoms with Crippen LogP contribution in [-0.2, 0) is 0 Å². The molecule has 1 aromatic carbocycles. The summed E-state index contributed by atoms with van der Waals surface area (Å²) >= 11 is 11.1. The molecule has 0 amide bonds. The van der Waals surface area contributed by atoms with Crippen LogP contribution in [0.5, 0.6) is 0 Å². The summed E-state index contributed by atoms with van der Waals surface area (Å²) in [5, 5.41) is 2.83. The summed E-state index contributed by atoms with van der Waals surface area (Å²) in [5.41, 5.74) is 2.35. The monoisotopic (exact) mass is 272 g/mol. The zero-order valence-corrected chi connectivity index (χ0v) is 9.79. The van der Waals surface area contributed by atoms with E-state index in [1.54, 1.807) is 11.3 Å². The number of rotatable bonds is 1. The van der Waals surface area contributed by atoms with Crippen LogP contribution in [0.25, 0.3) is 11.1 Å². The smallest absolute Gasteiger partial charge is 0.0776 e. The maximum Gasteiger partial charge on any atom is 0.0776 e. The second kappa shape index (κ2) is 3.82. The predicted octanol–water partition coefficient (Wildman–Crippen LogP) is 4.83. The van der Waals surface area contributed by atoms with Crippen molar-refractivity contribution in [2.75, 3.05) is 0 Å². The number of halogens is 2. The molecular formula is C10H6BrClS. The fraction of sp³-hybridized carbons (Fsp3) is 0. The highest BCUT2D eigenvalue weighted by molar-refractivity contribution is 9.11. The molecule has 2 aromatic rings. The van der Waals surface area contributed by atoms with Gasteiger partial charge in [-0.3, -0.25) is 0 Å². The van der Waals surface area contributed by atoms with Crippen LogP contribution < -0.4 is 0 Å². The van der Waals surface area contributed by atoms with Crippen molar-refractivity contribution in [3.8, 4) is 11.1 Å². The molecule has 0 radical (unpaired) electrons. The third-order valence-corrected chi connectivity index (χ3v) is 3.68. The summed E-state index contributed by atoms with van der Waals surface area (Å²) in [7, 11) is 0. The largest absolute Gasteiger partial charge is 0.136 e. The van der Waals surface area contributed by atoms with Crippen LogP contribution in [0.15, 0.2) is 39.5 Å². The topological polar surface area (TPSA) is 0 Å². The molecule has 0 aliphatic carbocycles. The molecule has 0 spiro atoms. The van der Waals surface area contributed by atoms with E-state index >= 15 is 0 Å². The molecule has 0 aliphatic heterocycles. The van der Waals surface area contributed by atoms with Gasteiger partial charge in [0.25, 0.3) is 0 Å². The molecule has 2 rings (SSSR count). The fourth-order valence-corrected chi connectivity index (χ4v) is 2.67. The number of thiophene rings is 1. The minimum atomic E-state index is 0.774. The first kappa shape index (κ1) is 9.25. The van der Waals surface area contributed by atoms with Crippen LogP contribution >= 0.6 is 38.9 Å². The maximum atomic E-state index is 5.90. The SMILES string of the molecule is Clc1cccc(-c2ccsc2Br)c1. The van der Waals surface area contributed by atoms with Crippen LogP contribution in [0, 0.1) is 0 Å². The zero-order chi connectivity index (χ0) is 9.26. The van der Waals surface area contributed by atoms with Gasteiger partial charge in [-0.05, 0) is 45.1 Å². The fourth-order valence-electron chi connectivity index (χ4n) is 1.16. The molecule has 1 heterocycles. The number of hydrogen-bond acceptors (Lipinski definition) is 1. The molecule has 0 N–H and O–H groups in total. The van der Waals surface area contributed by atoms with Crippen LogP contribution in [0.4, 0.5) is 0 Å². The molecule has 0 saturated heterocycles. The molecule has 0 bridgehead atoms. The van der Waals surface area contributed by atoms with Crippen LogP contribution in [0.3, 0.4) is 0 Å². The van der Waals surface area contributed by atoms with Gasteiger partial charge < -0.3 is 0 Å². The Bertz CT molecular complexity index is 422. The number of hydrogen-bond donors (Lipinski definition) is 0. The van der Waals surface area contributed by atoms with E-state index in [4.69, 9.17) is 11.6 Å². The summed E-state index contributed by atoms with van der Waals surface area (Å²) in [6.07, 6.45) is 0. The van der Waals surface area contributed by atoms with Gasteiger partial charge in [-0.2, -0.15) is 0 Å². The first-order valence-corrected chi connectivity index (χ1v) is 5.81. The second-order valence-electron chi connectivity index (χ2n) is 2.62. The minimum Gasteiger partial charge on any atom is -0.136 e. The molecule has 66 valence electrons. The molecule has 0 saturated carbocycles. The third-order valence-electron chi connectivity index (χ3n) is 1.75.